The molecule has 1 atom stereocenters. The van der Waals surface area contributed by atoms with Crippen LogP contribution in [0.25, 0.3) is 6.08 Å². The maximum absolute atomic E-state index is 12.8. The van der Waals surface area contributed by atoms with Crippen molar-refractivity contribution in [2.45, 2.75) is 33.8 Å². The Labute approximate surface area is 150 Å². The first-order chi connectivity index (χ1) is 12.2. The Kier molecular flexibility index (Phi) is 5.87. The summed E-state index contributed by atoms with van der Waals surface area (Å²) in [6.45, 7) is 6.29. The maximum Gasteiger partial charge on any atom is 0.331 e. The van der Waals surface area contributed by atoms with E-state index in [9.17, 15) is 18.8 Å². The van der Waals surface area contributed by atoms with Crippen molar-refractivity contribution < 1.29 is 23.5 Å². The van der Waals surface area contributed by atoms with E-state index in [-0.39, 0.29) is 17.3 Å². The first-order valence-corrected chi connectivity index (χ1v) is 8.09. The molecule has 2 aromatic rings. The van der Waals surface area contributed by atoms with Gasteiger partial charge in [0.05, 0.1) is 5.69 Å². The van der Waals surface area contributed by atoms with Crippen molar-refractivity contribution in [3.05, 3.63) is 64.2 Å². The maximum atomic E-state index is 12.8. The number of esters is 1. The molecule has 0 radical (unpaired) electrons. The number of aryl methyl sites for hydroxylation is 1. The monoisotopic (exact) mass is 357 g/mol. The average Bonchev–Trinajstić information content (AvgIpc) is 2.88. The summed E-state index contributed by atoms with van der Waals surface area (Å²) in [5.41, 5.74) is 2.51. The van der Waals surface area contributed by atoms with Crippen molar-refractivity contribution >= 4 is 23.6 Å². The van der Waals surface area contributed by atoms with Crippen molar-refractivity contribution in [1.29, 1.82) is 0 Å². The number of ketones is 2. The van der Waals surface area contributed by atoms with E-state index in [2.05, 4.69) is 4.98 Å². The van der Waals surface area contributed by atoms with Crippen molar-refractivity contribution in [2.24, 2.45) is 0 Å². The molecule has 5 nitrogen and oxygen atoms in total. The van der Waals surface area contributed by atoms with Crippen LogP contribution in [0.3, 0.4) is 0 Å². The standard InChI is InChI=1S/C20H20FNO4/c1-11-18(13(3)23)12(2)22-19(11)20(25)14(4)26-17(24)10-7-15-5-8-16(21)9-6-15/h5-10,14,22H,1-4H3/b10-7+/t14-/m0/s1. The third-order valence-electron chi connectivity index (χ3n) is 3.98. The zero-order chi connectivity index (χ0) is 19.4. The molecule has 0 aliphatic rings. The number of benzene rings is 1. The van der Waals surface area contributed by atoms with Crippen LogP contribution >= 0.6 is 0 Å². The lowest BCUT2D eigenvalue weighted by atomic mass is 10.0. The lowest BCUT2D eigenvalue weighted by Crippen LogP contribution is -2.24. The summed E-state index contributed by atoms with van der Waals surface area (Å²) in [7, 11) is 0. The number of H-pyrrole nitrogens is 1. The SMILES string of the molecule is CC(=O)c1c(C)[nH]c(C(=O)[C@H](C)OC(=O)/C=C/c2ccc(F)cc2)c1C. The molecule has 136 valence electrons. The quantitative estimate of drug-likeness (QED) is 0.485. The largest absolute Gasteiger partial charge is 0.451 e. The molecule has 0 amide bonds. The van der Waals surface area contributed by atoms with Crippen molar-refractivity contribution in [2.75, 3.05) is 0 Å². The van der Waals surface area contributed by atoms with Crippen LogP contribution in [-0.4, -0.2) is 28.6 Å². The van der Waals surface area contributed by atoms with Gasteiger partial charge >= 0.3 is 5.97 Å². The van der Waals surface area contributed by atoms with Gasteiger partial charge in [-0.05, 0) is 57.0 Å². The van der Waals surface area contributed by atoms with Gasteiger partial charge in [-0.15, -0.1) is 0 Å². The minimum Gasteiger partial charge on any atom is -0.451 e. The molecule has 26 heavy (non-hydrogen) atoms. The Morgan fingerprint density at radius 1 is 1.15 bits per heavy atom. The molecule has 1 heterocycles. The van der Waals surface area contributed by atoms with Gasteiger partial charge in [-0.3, -0.25) is 9.59 Å². The molecule has 0 aliphatic heterocycles. The second-order valence-corrected chi connectivity index (χ2v) is 6.01. The summed E-state index contributed by atoms with van der Waals surface area (Å²) >= 11 is 0. The Hall–Kier alpha value is -3.02. The van der Waals surface area contributed by atoms with E-state index in [4.69, 9.17) is 4.74 Å². The van der Waals surface area contributed by atoms with Crippen LogP contribution in [0.15, 0.2) is 30.3 Å². The van der Waals surface area contributed by atoms with E-state index in [1.54, 1.807) is 13.8 Å². The van der Waals surface area contributed by atoms with E-state index in [0.717, 1.165) is 0 Å². The first-order valence-electron chi connectivity index (χ1n) is 8.09. The number of ether oxygens (including phenoxy) is 1. The highest BCUT2D eigenvalue weighted by molar-refractivity contribution is 6.05. The highest BCUT2D eigenvalue weighted by atomic mass is 19.1. The molecule has 0 spiro atoms. The van der Waals surface area contributed by atoms with E-state index < -0.39 is 17.9 Å². The second-order valence-electron chi connectivity index (χ2n) is 6.01. The Morgan fingerprint density at radius 2 is 1.77 bits per heavy atom. The number of halogens is 1. The minimum absolute atomic E-state index is 0.137. The third kappa shape index (κ3) is 4.33. The van der Waals surface area contributed by atoms with Crippen LogP contribution in [-0.2, 0) is 9.53 Å². The molecule has 0 bridgehead atoms. The zero-order valence-electron chi connectivity index (χ0n) is 15.1. The molecule has 0 aliphatic carbocycles. The van der Waals surface area contributed by atoms with E-state index in [0.29, 0.717) is 22.4 Å². The molecule has 2 rings (SSSR count). The molecule has 1 aromatic carbocycles. The minimum atomic E-state index is -1.02. The summed E-state index contributed by atoms with van der Waals surface area (Å²) in [6, 6.07) is 5.59. The highest BCUT2D eigenvalue weighted by Crippen LogP contribution is 2.20. The molecular weight excluding hydrogens is 337 g/mol. The van der Waals surface area contributed by atoms with Crippen molar-refractivity contribution in [3.63, 3.8) is 0 Å². The van der Waals surface area contributed by atoms with E-state index in [1.165, 1.54) is 50.3 Å². The Morgan fingerprint density at radius 3 is 2.31 bits per heavy atom. The average molecular weight is 357 g/mol. The number of carbonyl (C=O) groups is 3. The van der Waals surface area contributed by atoms with Gasteiger partial charge in [-0.2, -0.15) is 0 Å². The normalized spacial score (nSPS) is 12.2. The second kappa shape index (κ2) is 7.91. The van der Waals surface area contributed by atoms with Gasteiger partial charge in [0.15, 0.2) is 11.9 Å². The molecule has 6 heteroatoms. The zero-order valence-corrected chi connectivity index (χ0v) is 15.1. The van der Waals surface area contributed by atoms with Crippen LogP contribution < -0.4 is 0 Å². The molecule has 0 fully saturated rings. The van der Waals surface area contributed by atoms with Crippen molar-refractivity contribution in [1.82, 2.24) is 4.98 Å². The predicted molar refractivity (Wildman–Crippen MR) is 95.6 cm³/mol. The summed E-state index contributed by atoms with van der Waals surface area (Å²) in [4.78, 5) is 39.0. The van der Waals surface area contributed by atoms with Crippen LogP contribution in [0, 0.1) is 19.7 Å². The van der Waals surface area contributed by atoms with Gasteiger partial charge in [0.25, 0.3) is 0 Å². The lowest BCUT2D eigenvalue weighted by molar-refractivity contribution is -0.140. The smallest absolute Gasteiger partial charge is 0.331 e. The Bertz CT molecular complexity index is 878. The number of hydrogen-bond acceptors (Lipinski definition) is 4. The number of Topliss-reactive ketones (excluding diaryl/α,β-unsaturated/α-hetero) is 2. The molecule has 0 saturated carbocycles. The van der Waals surface area contributed by atoms with Gasteiger partial charge < -0.3 is 9.72 Å². The topological polar surface area (TPSA) is 76.2 Å². The fourth-order valence-corrected chi connectivity index (χ4v) is 2.73. The molecule has 1 N–H and O–H groups in total. The van der Waals surface area contributed by atoms with Gasteiger partial charge in [0.2, 0.25) is 5.78 Å². The van der Waals surface area contributed by atoms with E-state index >= 15 is 0 Å². The summed E-state index contributed by atoms with van der Waals surface area (Å²) in [5, 5.41) is 0. The molecular formula is C20H20FNO4. The predicted octanol–water partition coefficient (Wildman–Crippen LogP) is 3.80. The molecule has 1 aromatic heterocycles. The summed E-state index contributed by atoms with van der Waals surface area (Å²) < 4.78 is 18.0. The number of rotatable bonds is 6. The van der Waals surface area contributed by atoms with Crippen LogP contribution in [0.2, 0.25) is 0 Å². The highest BCUT2D eigenvalue weighted by Gasteiger charge is 2.25. The number of carbonyl (C=O) groups excluding carboxylic acids is 3. The van der Waals surface area contributed by atoms with Gasteiger partial charge in [-0.25, -0.2) is 9.18 Å². The number of aromatic amines is 1. The third-order valence-corrected chi connectivity index (χ3v) is 3.98. The Balaban J connectivity index is 2.07. The van der Waals surface area contributed by atoms with Crippen LogP contribution in [0.4, 0.5) is 4.39 Å². The molecule has 0 unspecified atom stereocenters. The fraction of sp³-hybridized carbons (Fsp3) is 0.250. The van der Waals surface area contributed by atoms with Gasteiger partial charge in [0, 0.05) is 17.3 Å². The number of nitrogens with one attached hydrogen (secondary N) is 1. The number of aromatic nitrogens is 1. The van der Waals surface area contributed by atoms with Crippen LogP contribution in [0.1, 0.15) is 51.5 Å². The lowest BCUT2D eigenvalue weighted by Gasteiger charge is -2.10. The number of hydrogen-bond donors (Lipinski definition) is 1. The summed E-state index contributed by atoms with van der Waals surface area (Å²) in [6.07, 6.45) is 1.62. The molecule has 0 saturated heterocycles. The van der Waals surface area contributed by atoms with Crippen molar-refractivity contribution in [3.8, 4) is 0 Å². The van der Waals surface area contributed by atoms with Gasteiger partial charge in [0.1, 0.15) is 5.82 Å². The van der Waals surface area contributed by atoms with E-state index in [1.807, 2.05) is 0 Å². The summed E-state index contributed by atoms with van der Waals surface area (Å²) in [5.74, 6) is -1.61. The first kappa shape index (κ1) is 19.3. The van der Waals surface area contributed by atoms with Gasteiger partial charge in [-0.1, -0.05) is 12.1 Å². The van der Waals surface area contributed by atoms with Crippen LogP contribution in [0.5, 0.6) is 0 Å². The fourth-order valence-electron chi connectivity index (χ4n) is 2.73.